The van der Waals surface area contributed by atoms with Crippen molar-refractivity contribution < 1.29 is 14.7 Å². The number of carbonyl (C=O) groups is 2. The van der Waals surface area contributed by atoms with Crippen LogP contribution in [0.3, 0.4) is 0 Å². The van der Waals surface area contributed by atoms with Gasteiger partial charge in [0.25, 0.3) is 0 Å². The first-order valence-corrected chi connectivity index (χ1v) is 8.41. The summed E-state index contributed by atoms with van der Waals surface area (Å²) in [6, 6.07) is 7.77. The van der Waals surface area contributed by atoms with Gasteiger partial charge >= 0.3 is 5.97 Å². The Bertz CT molecular complexity index is 656. The molecule has 2 rings (SSSR count). The Morgan fingerprint density at radius 3 is 2.87 bits per heavy atom. The van der Waals surface area contributed by atoms with Crippen LogP contribution in [0.2, 0.25) is 0 Å². The Balaban J connectivity index is 1.82. The van der Waals surface area contributed by atoms with E-state index in [0.29, 0.717) is 19.3 Å². The van der Waals surface area contributed by atoms with E-state index in [-0.39, 0.29) is 12.5 Å². The predicted molar refractivity (Wildman–Crippen MR) is 89.5 cm³/mol. The Morgan fingerprint density at radius 2 is 2.22 bits per heavy atom. The van der Waals surface area contributed by atoms with Crippen molar-refractivity contribution in [2.45, 2.75) is 26.2 Å². The van der Waals surface area contributed by atoms with Crippen LogP contribution in [0, 0.1) is 12.8 Å². The zero-order valence-electron chi connectivity index (χ0n) is 13.0. The van der Waals surface area contributed by atoms with Crippen LogP contribution in [0.25, 0.3) is 0 Å². The lowest BCUT2D eigenvalue weighted by Crippen LogP contribution is -2.34. The van der Waals surface area contributed by atoms with Gasteiger partial charge in [0.15, 0.2) is 0 Å². The lowest BCUT2D eigenvalue weighted by Gasteiger charge is -2.14. The Hall–Kier alpha value is -2.21. The number of rotatable bonds is 8. The summed E-state index contributed by atoms with van der Waals surface area (Å²) in [7, 11) is 0. The van der Waals surface area contributed by atoms with E-state index < -0.39 is 11.9 Å². The van der Waals surface area contributed by atoms with Gasteiger partial charge in [-0.05, 0) is 25.3 Å². The molecule has 0 aliphatic carbocycles. The summed E-state index contributed by atoms with van der Waals surface area (Å²) >= 11 is 1.50. The van der Waals surface area contributed by atoms with Crippen molar-refractivity contribution in [2.24, 2.45) is 5.92 Å². The van der Waals surface area contributed by atoms with Gasteiger partial charge in [-0.1, -0.05) is 29.8 Å². The van der Waals surface area contributed by atoms with Crippen LogP contribution in [-0.4, -0.2) is 28.5 Å². The second-order valence-electron chi connectivity index (χ2n) is 5.51. The highest BCUT2D eigenvalue weighted by atomic mass is 32.1. The molecule has 1 unspecified atom stereocenters. The highest BCUT2D eigenvalue weighted by Gasteiger charge is 2.19. The fourth-order valence-electron chi connectivity index (χ4n) is 2.30. The van der Waals surface area contributed by atoms with Crippen molar-refractivity contribution in [3.63, 3.8) is 0 Å². The summed E-state index contributed by atoms with van der Waals surface area (Å²) in [6.45, 7) is 2.11. The van der Waals surface area contributed by atoms with E-state index in [9.17, 15) is 14.7 Å². The number of carbonyl (C=O) groups excluding carboxylic acids is 1. The third kappa shape index (κ3) is 5.83. The van der Waals surface area contributed by atoms with Gasteiger partial charge in [0.2, 0.25) is 5.91 Å². The molecule has 0 saturated carbocycles. The molecule has 1 aromatic carbocycles. The number of benzene rings is 1. The molecular weight excluding hydrogens is 312 g/mol. The monoisotopic (exact) mass is 332 g/mol. The molecule has 0 aliphatic rings. The fourth-order valence-corrected chi connectivity index (χ4v) is 2.89. The average Bonchev–Trinajstić information content (AvgIpc) is 3.02. The standard InChI is InChI=1S/C17H20N2O3S/c1-12-3-2-4-13(7-12)8-14(17(21)22)9-18-16(20)6-5-15-10-23-11-19-15/h2-4,7,10-11,14H,5-6,8-9H2,1H3,(H,18,20)(H,21,22). The molecule has 5 nitrogen and oxygen atoms in total. The number of hydrogen-bond acceptors (Lipinski definition) is 4. The number of hydrogen-bond donors (Lipinski definition) is 2. The van der Waals surface area contributed by atoms with Crippen LogP contribution in [-0.2, 0) is 22.4 Å². The number of nitrogens with zero attached hydrogens (tertiary/aromatic N) is 1. The molecule has 1 aromatic heterocycles. The lowest BCUT2D eigenvalue weighted by molar-refractivity contribution is -0.141. The molecule has 0 bridgehead atoms. The lowest BCUT2D eigenvalue weighted by atomic mass is 9.98. The van der Waals surface area contributed by atoms with Crippen molar-refractivity contribution in [1.29, 1.82) is 0 Å². The van der Waals surface area contributed by atoms with Crippen molar-refractivity contribution in [3.8, 4) is 0 Å². The number of aliphatic carboxylic acids is 1. The largest absolute Gasteiger partial charge is 0.481 e. The highest BCUT2D eigenvalue weighted by molar-refractivity contribution is 7.07. The quantitative estimate of drug-likeness (QED) is 0.778. The van der Waals surface area contributed by atoms with Gasteiger partial charge in [-0.25, -0.2) is 4.98 Å². The highest BCUT2D eigenvalue weighted by Crippen LogP contribution is 2.11. The van der Waals surface area contributed by atoms with Crippen LogP contribution in [0.15, 0.2) is 35.2 Å². The van der Waals surface area contributed by atoms with E-state index in [1.54, 1.807) is 5.51 Å². The van der Waals surface area contributed by atoms with Crippen LogP contribution >= 0.6 is 11.3 Å². The van der Waals surface area contributed by atoms with Crippen molar-refractivity contribution in [1.82, 2.24) is 10.3 Å². The van der Waals surface area contributed by atoms with Gasteiger partial charge in [-0.2, -0.15) is 0 Å². The van der Waals surface area contributed by atoms with E-state index in [1.807, 2.05) is 36.6 Å². The van der Waals surface area contributed by atoms with Crippen molar-refractivity contribution >= 4 is 23.2 Å². The maximum Gasteiger partial charge on any atom is 0.308 e. The Kier molecular flexibility index (Phi) is 6.29. The second kappa shape index (κ2) is 8.43. The minimum atomic E-state index is -0.897. The van der Waals surface area contributed by atoms with Crippen LogP contribution in [0.1, 0.15) is 23.2 Å². The number of carboxylic acid groups (broad SMARTS) is 1. The van der Waals surface area contributed by atoms with E-state index in [1.165, 1.54) is 11.3 Å². The molecule has 1 heterocycles. The molecule has 0 fully saturated rings. The molecule has 0 spiro atoms. The van der Waals surface area contributed by atoms with Crippen LogP contribution < -0.4 is 5.32 Å². The summed E-state index contributed by atoms with van der Waals surface area (Å²) in [4.78, 5) is 27.3. The fraction of sp³-hybridized carbons (Fsp3) is 0.353. The van der Waals surface area contributed by atoms with Gasteiger partial charge in [0.05, 0.1) is 17.1 Å². The summed E-state index contributed by atoms with van der Waals surface area (Å²) < 4.78 is 0. The first kappa shape index (κ1) is 17.1. The second-order valence-corrected chi connectivity index (χ2v) is 6.23. The maximum atomic E-state index is 11.8. The molecule has 0 aliphatic heterocycles. The molecular formula is C17H20N2O3S. The third-order valence-corrected chi connectivity index (χ3v) is 4.19. The Labute approximate surface area is 139 Å². The molecule has 1 amide bonds. The van der Waals surface area contributed by atoms with Crippen LogP contribution in [0.5, 0.6) is 0 Å². The number of carboxylic acids is 1. The number of nitrogens with one attached hydrogen (secondary N) is 1. The van der Waals surface area contributed by atoms with Gasteiger partial charge in [-0.15, -0.1) is 11.3 Å². The number of amides is 1. The first-order valence-electron chi connectivity index (χ1n) is 7.46. The van der Waals surface area contributed by atoms with Crippen LogP contribution in [0.4, 0.5) is 0 Å². The van der Waals surface area contributed by atoms with E-state index in [4.69, 9.17) is 0 Å². The molecule has 2 N–H and O–H groups in total. The summed E-state index contributed by atoms with van der Waals surface area (Å²) in [5, 5.41) is 14.0. The minimum absolute atomic E-state index is 0.138. The van der Waals surface area contributed by atoms with E-state index in [2.05, 4.69) is 10.3 Å². The SMILES string of the molecule is Cc1cccc(CC(CNC(=O)CCc2cscn2)C(=O)O)c1. The molecule has 1 atom stereocenters. The summed E-state index contributed by atoms with van der Waals surface area (Å²) in [5.74, 6) is -1.67. The summed E-state index contributed by atoms with van der Waals surface area (Å²) in [5.41, 5.74) is 4.68. The van der Waals surface area contributed by atoms with E-state index in [0.717, 1.165) is 16.8 Å². The average molecular weight is 332 g/mol. The normalized spacial score (nSPS) is 11.9. The molecule has 2 aromatic rings. The van der Waals surface area contributed by atoms with Gasteiger partial charge < -0.3 is 10.4 Å². The minimum Gasteiger partial charge on any atom is -0.481 e. The molecule has 0 radical (unpaired) electrons. The smallest absolute Gasteiger partial charge is 0.308 e. The zero-order valence-corrected chi connectivity index (χ0v) is 13.8. The number of aryl methyl sites for hydroxylation is 2. The number of thiazole rings is 1. The van der Waals surface area contributed by atoms with E-state index >= 15 is 0 Å². The molecule has 122 valence electrons. The van der Waals surface area contributed by atoms with Gasteiger partial charge in [0.1, 0.15) is 0 Å². The number of aromatic nitrogens is 1. The molecule has 6 heteroatoms. The van der Waals surface area contributed by atoms with Gasteiger partial charge in [0, 0.05) is 18.3 Å². The van der Waals surface area contributed by atoms with Gasteiger partial charge in [-0.3, -0.25) is 9.59 Å². The Morgan fingerprint density at radius 1 is 1.39 bits per heavy atom. The maximum absolute atomic E-state index is 11.8. The first-order chi connectivity index (χ1) is 11.0. The van der Waals surface area contributed by atoms with Crippen molar-refractivity contribution in [3.05, 3.63) is 52.0 Å². The van der Waals surface area contributed by atoms with Crippen molar-refractivity contribution in [2.75, 3.05) is 6.54 Å². The topological polar surface area (TPSA) is 79.3 Å². The molecule has 23 heavy (non-hydrogen) atoms. The third-order valence-electron chi connectivity index (χ3n) is 3.55. The zero-order chi connectivity index (χ0) is 16.7. The predicted octanol–water partition coefficient (Wildman–Crippen LogP) is 2.44. The molecule has 0 saturated heterocycles. The summed E-state index contributed by atoms with van der Waals surface area (Å²) in [6.07, 6.45) is 1.30.